The average molecular weight is 243 g/mol. The molecule has 0 bridgehead atoms. The number of rotatable bonds is 3. The van der Waals surface area contributed by atoms with Crippen molar-refractivity contribution >= 4 is 0 Å². The molecule has 18 heavy (non-hydrogen) atoms. The molecule has 1 N–H and O–H groups in total. The predicted molar refractivity (Wildman–Crippen MR) is 69.7 cm³/mol. The van der Waals surface area contributed by atoms with Gasteiger partial charge in [0.15, 0.2) is 6.33 Å². The van der Waals surface area contributed by atoms with Crippen LogP contribution in [0.3, 0.4) is 0 Å². The van der Waals surface area contributed by atoms with Crippen LogP contribution in [-0.2, 0) is 6.54 Å². The first-order valence-corrected chi connectivity index (χ1v) is 5.89. The number of nitrogens with zero attached hydrogens (tertiary/aromatic N) is 4. The van der Waals surface area contributed by atoms with Crippen LogP contribution in [0.1, 0.15) is 26.3 Å². The van der Waals surface area contributed by atoms with Gasteiger partial charge in [-0.05, 0) is 26.3 Å². The Labute approximate surface area is 107 Å². The largest absolute Gasteiger partial charge is 0.308 e. The van der Waals surface area contributed by atoms with Crippen LogP contribution in [0.5, 0.6) is 0 Å². The molecule has 5 nitrogen and oxygen atoms in total. The predicted octanol–water partition coefficient (Wildman–Crippen LogP) is 1.82. The van der Waals surface area contributed by atoms with Crippen molar-refractivity contribution in [1.82, 2.24) is 25.7 Å². The molecule has 1 aromatic heterocycles. The monoisotopic (exact) mass is 243 g/mol. The second kappa shape index (κ2) is 5.18. The fraction of sp³-hybridized carbons (Fsp3) is 0.385. The lowest BCUT2D eigenvalue weighted by Crippen LogP contribution is -2.35. The molecule has 0 amide bonds. The molecular formula is C13H17N5. The molecule has 94 valence electrons. The molecule has 0 spiro atoms. The van der Waals surface area contributed by atoms with E-state index in [9.17, 15) is 0 Å². The highest BCUT2D eigenvalue weighted by Crippen LogP contribution is 2.14. The Bertz CT molecular complexity index is 487. The van der Waals surface area contributed by atoms with Crippen molar-refractivity contribution in [1.29, 1.82) is 0 Å². The van der Waals surface area contributed by atoms with Gasteiger partial charge < -0.3 is 5.32 Å². The molecule has 5 heteroatoms. The van der Waals surface area contributed by atoms with Crippen LogP contribution >= 0.6 is 0 Å². The lowest BCUT2D eigenvalue weighted by Gasteiger charge is -2.20. The molecule has 0 aliphatic heterocycles. The van der Waals surface area contributed by atoms with Crippen LogP contribution in [0, 0.1) is 0 Å². The fourth-order valence-electron chi connectivity index (χ4n) is 1.46. The Hall–Kier alpha value is -1.88. The van der Waals surface area contributed by atoms with E-state index in [4.69, 9.17) is 0 Å². The number of hydrogen-bond donors (Lipinski definition) is 1. The summed E-state index contributed by atoms with van der Waals surface area (Å²) >= 11 is 0. The first kappa shape index (κ1) is 12.6. The molecule has 0 aliphatic rings. The van der Waals surface area contributed by atoms with Crippen molar-refractivity contribution in [2.24, 2.45) is 0 Å². The van der Waals surface area contributed by atoms with E-state index in [1.54, 1.807) is 0 Å². The van der Waals surface area contributed by atoms with Crippen molar-refractivity contribution in [3.63, 3.8) is 0 Å². The van der Waals surface area contributed by atoms with E-state index >= 15 is 0 Å². The SMILES string of the molecule is CC(C)(C)NCc1ccc(-c2nncnn2)cc1. The van der Waals surface area contributed by atoms with Gasteiger partial charge in [-0.25, -0.2) is 0 Å². The maximum absolute atomic E-state index is 3.92. The number of aromatic nitrogens is 4. The molecule has 0 saturated carbocycles. The Morgan fingerprint density at radius 2 is 1.61 bits per heavy atom. The van der Waals surface area contributed by atoms with Gasteiger partial charge in [-0.2, -0.15) is 0 Å². The van der Waals surface area contributed by atoms with E-state index in [0.29, 0.717) is 5.82 Å². The zero-order valence-corrected chi connectivity index (χ0v) is 10.9. The summed E-state index contributed by atoms with van der Waals surface area (Å²) < 4.78 is 0. The summed E-state index contributed by atoms with van der Waals surface area (Å²) in [7, 11) is 0. The van der Waals surface area contributed by atoms with Gasteiger partial charge in [0.05, 0.1) is 0 Å². The summed E-state index contributed by atoms with van der Waals surface area (Å²) in [5.74, 6) is 0.549. The third-order valence-corrected chi connectivity index (χ3v) is 2.44. The maximum Gasteiger partial charge on any atom is 0.203 e. The van der Waals surface area contributed by atoms with Crippen LogP contribution in [0.15, 0.2) is 30.6 Å². The minimum Gasteiger partial charge on any atom is -0.308 e. The van der Waals surface area contributed by atoms with Gasteiger partial charge in [0, 0.05) is 17.6 Å². The van der Waals surface area contributed by atoms with Gasteiger partial charge in [0.2, 0.25) is 5.82 Å². The molecule has 0 saturated heterocycles. The molecule has 1 aromatic carbocycles. The lowest BCUT2D eigenvalue weighted by molar-refractivity contribution is 0.424. The summed E-state index contributed by atoms with van der Waals surface area (Å²) in [4.78, 5) is 0. The zero-order valence-electron chi connectivity index (χ0n) is 10.9. The summed E-state index contributed by atoms with van der Waals surface area (Å²) in [6.45, 7) is 7.29. The van der Waals surface area contributed by atoms with E-state index in [1.165, 1.54) is 11.9 Å². The topological polar surface area (TPSA) is 63.6 Å². The van der Waals surface area contributed by atoms with Crippen molar-refractivity contribution in [2.45, 2.75) is 32.9 Å². The summed E-state index contributed by atoms with van der Waals surface area (Å²) in [5.41, 5.74) is 2.27. The summed E-state index contributed by atoms with van der Waals surface area (Å²) in [6.07, 6.45) is 1.32. The third kappa shape index (κ3) is 3.56. The van der Waals surface area contributed by atoms with Gasteiger partial charge in [0.25, 0.3) is 0 Å². The molecule has 2 aromatic rings. The maximum atomic E-state index is 3.92. The van der Waals surface area contributed by atoms with E-state index in [2.05, 4.69) is 58.6 Å². The van der Waals surface area contributed by atoms with Crippen LogP contribution in [0.4, 0.5) is 0 Å². The van der Waals surface area contributed by atoms with E-state index in [0.717, 1.165) is 12.1 Å². The van der Waals surface area contributed by atoms with Crippen LogP contribution < -0.4 is 5.32 Å². The average Bonchev–Trinajstić information content (AvgIpc) is 2.37. The lowest BCUT2D eigenvalue weighted by atomic mass is 10.1. The normalized spacial score (nSPS) is 11.5. The number of hydrogen-bond acceptors (Lipinski definition) is 5. The highest BCUT2D eigenvalue weighted by atomic mass is 15.3. The Balaban J connectivity index is 2.07. The molecule has 2 rings (SSSR count). The molecule has 0 radical (unpaired) electrons. The van der Waals surface area contributed by atoms with Crippen LogP contribution in [0.25, 0.3) is 11.4 Å². The minimum atomic E-state index is 0.120. The third-order valence-electron chi connectivity index (χ3n) is 2.44. The molecule has 1 heterocycles. The first-order chi connectivity index (χ1) is 8.54. The van der Waals surface area contributed by atoms with Gasteiger partial charge in [0.1, 0.15) is 0 Å². The second-order valence-corrected chi connectivity index (χ2v) is 5.17. The molecule has 0 unspecified atom stereocenters. The molecule has 0 fully saturated rings. The smallest absolute Gasteiger partial charge is 0.203 e. The highest BCUT2D eigenvalue weighted by Gasteiger charge is 2.08. The summed E-state index contributed by atoms with van der Waals surface area (Å²) in [5, 5.41) is 18.7. The van der Waals surface area contributed by atoms with E-state index < -0.39 is 0 Å². The Morgan fingerprint density at radius 1 is 1.00 bits per heavy atom. The van der Waals surface area contributed by atoms with Crippen LogP contribution in [-0.4, -0.2) is 25.9 Å². The summed E-state index contributed by atoms with van der Waals surface area (Å²) in [6, 6.07) is 8.09. The van der Waals surface area contributed by atoms with Crippen LogP contribution in [0.2, 0.25) is 0 Å². The molecule has 0 aliphatic carbocycles. The van der Waals surface area contributed by atoms with Gasteiger partial charge in [-0.15, -0.1) is 20.4 Å². The second-order valence-electron chi connectivity index (χ2n) is 5.17. The quantitative estimate of drug-likeness (QED) is 0.891. The molecule has 0 atom stereocenters. The Morgan fingerprint density at radius 3 is 2.17 bits per heavy atom. The van der Waals surface area contributed by atoms with Gasteiger partial charge >= 0.3 is 0 Å². The van der Waals surface area contributed by atoms with Crippen molar-refractivity contribution in [3.05, 3.63) is 36.2 Å². The van der Waals surface area contributed by atoms with Gasteiger partial charge in [-0.1, -0.05) is 24.3 Å². The number of benzene rings is 1. The van der Waals surface area contributed by atoms with E-state index in [-0.39, 0.29) is 5.54 Å². The fourth-order valence-corrected chi connectivity index (χ4v) is 1.46. The standard InChI is InChI=1S/C13H17N5/c1-13(2,3)14-8-10-4-6-11(7-5-10)12-17-15-9-16-18-12/h4-7,9,14H,8H2,1-3H3. The zero-order chi connectivity index (χ0) is 13.0. The minimum absolute atomic E-state index is 0.120. The number of nitrogens with one attached hydrogen (secondary N) is 1. The van der Waals surface area contributed by atoms with E-state index in [1.807, 2.05) is 12.1 Å². The molecular weight excluding hydrogens is 226 g/mol. The van der Waals surface area contributed by atoms with Crippen molar-refractivity contribution in [2.75, 3.05) is 0 Å². The van der Waals surface area contributed by atoms with Crippen molar-refractivity contribution in [3.8, 4) is 11.4 Å². The van der Waals surface area contributed by atoms with Gasteiger partial charge in [-0.3, -0.25) is 0 Å². The first-order valence-electron chi connectivity index (χ1n) is 5.89. The Kier molecular flexibility index (Phi) is 3.62. The van der Waals surface area contributed by atoms with Crippen molar-refractivity contribution < 1.29 is 0 Å². The highest BCUT2D eigenvalue weighted by molar-refractivity contribution is 5.53.